The van der Waals surface area contributed by atoms with Crippen molar-refractivity contribution in [3.63, 3.8) is 0 Å². The van der Waals surface area contributed by atoms with Gasteiger partial charge < -0.3 is 10.2 Å². The second-order valence-electron chi connectivity index (χ2n) is 6.74. The van der Waals surface area contributed by atoms with Crippen molar-refractivity contribution < 1.29 is 9.72 Å². The van der Waals surface area contributed by atoms with Crippen molar-refractivity contribution in [3.05, 3.63) is 45.6 Å². The Hall–Kier alpha value is -3.41. The molecular formula is C18H20N6O3. The number of amides is 1. The molecular weight excluding hydrogens is 348 g/mol. The number of nitro groups is 1. The average molecular weight is 368 g/mol. The van der Waals surface area contributed by atoms with Crippen molar-refractivity contribution in [3.8, 4) is 6.07 Å². The minimum absolute atomic E-state index is 0.00958. The summed E-state index contributed by atoms with van der Waals surface area (Å²) >= 11 is 0. The zero-order valence-corrected chi connectivity index (χ0v) is 15.1. The van der Waals surface area contributed by atoms with Crippen LogP contribution in [0.5, 0.6) is 0 Å². The topological polar surface area (TPSA) is 128 Å². The number of carbonyl (C=O) groups excluding carboxylic acids is 1. The number of aromatic amines is 1. The monoisotopic (exact) mass is 368 g/mol. The van der Waals surface area contributed by atoms with Crippen molar-refractivity contribution >= 4 is 23.1 Å². The molecule has 1 aromatic heterocycles. The van der Waals surface area contributed by atoms with Gasteiger partial charge in [-0.15, -0.1) is 0 Å². The van der Waals surface area contributed by atoms with Gasteiger partial charge in [-0.3, -0.25) is 20.0 Å². The van der Waals surface area contributed by atoms with Crippen molar-refractivity contribution in [2.45, 2.75) is 38.6 Å². The summed E-state index contributed by atoms with van der Waals surface area (Å²) in [5, 5.41) is 29.8. The summed E-state index contributed by atoms with van der Waals surface area (Å²) in [7, 11) is 0. The zero-order chi connectivity index (χ0) is 19.6. The van der Waals surface area contributed by atoms with Crippen LogP contribution in [-0.4, -0.2) is 33.6 Å². The molecule has 27 heavy (non-hydrogen) atoms. The summed E-state index contributed by atoms with van der Waals surface area (Å²) < 4.78 is 0. The van der Waals surface area contributed by atoms with E-state index >= 15 is 0 Å². The number of nitriles is 1. The van der Waals surface area contributed by atoms with Gasteiger partial charge in [0.1, 0.15) is 17.7 Å². The number of H-pyrrole nitrogens is 1. The summed E-state index contributed by atoms with van der Waals surface area (Å²) in [5.41, 5.74) is 1.80. The lowest BCUT2D eigenvalue weighted by atomic mass is 10.1. The van der Waals surface area contributed by atoms with E-state index in [-0.39, 0.29) is 23.3 Å². The molecule has 3 rings (SSSR count). The highest BCUT2D eigenvalue weighted by Crippen LogP contribution is 2.29. The number of non-ortho nitro benzene ring substituents is 1. The van der Waals surface area contributed by atoms with Gasteiger partial charge in [-0.2, -0.15) is 10.4 Å². The van der Waals surface area contributed by atoms with Crippen LogP contribution in [0, 0.1) is 21.4 Å². The first-order valence-electron chi connectivity index (χ1n) is 8.72. The van der Waals surface area contributed by atoms with Crippen molar-refractivity contribution in [2.24, 2.45) is 0 Å². The lowest BCUT2D eigenvalue weighted by molar-refractivity contribution is -0.384. The molecule has 2 N–H and O–H groups in total. The highest BCUT2D eigenvalue weighted by Gasteiger charge is 2.32. The van der Waals surface area contributed by atoms with Crippen LogP contribution in [0.3, 0.4) is 0 Å². The van der Waals surface area contributed by atoms with E-state index in [1.54, 1.807) is 12.1 Å². The van der Waals surface area contributed by atoms with E-state index in [0.29, 0.717) is 24.2 Å². The van der Waals surface area contributed by atoms with E-state index in [0.717, 1.165) is 12.1 Å². The van der Waals surface area contributed by atoms with Gasteiger partial charge in [0.05, 0.1) is 10.6 Å². The Balaban J connectivity index is 1.78. The molecule has 1 aliphatic rings. The van der Waals surface area contributed by atoms with E-state index in [1.165, 1.54) is 12.1 Å². The standard InChI is InChI=1S/C18H20N6O3/c1-11(2)16-14(10-19)17(22-21-16)20-18(25)15-4-3-9-23(15)12-5-7-13(8-6-12)24(26)27/h5-8,11,15H,3-4,9H2,1-2H3,(H2,20,21,22,25). The predicted molar refractivity (Wildman–Crippen MR) is 99.5 cm³/mol. The molecule has 1 atom stereocenters. The van der Waals surface area contributed by atoms with Gasteiger partial charge >= 0.3 is 0 Å². The van der Waals surface area contributed by atoms with Gasteiger partial charge in [-0.25, -0.2) is 0 Å². The average Bonchev–Trinajstić information content (AvgIpc) is 3.28. The zero-order valence-electron chi connectivity index (χ0n) is 15.1. The van der Waals surface area contributed by atoms with Crippen LogP contribution >= 0.6 is 0 Å². The molecule has 1 unspecified atom stereocenters. The first-order valence-corrected chi connectivity index (χ1v) is 8.72. The summed E-state index contributed by atoms with van der Waals surface area (Å²) in [4.78, 5) is 25.1. The first-order chi connectivity index (χ1) is 12.9. The molecule has 9 heteroatoms. The van der Waals surface area contributed by atoms with Crippen LogP contribution in [0.2, 0.25) is 0 Å². The van der Waals surface area contributed by atoms with Crippen LogP contribution in [0.15, 0.2) is 24.3 Å². The van der Waals surface area contributed by atoms with Gasteiger partial charge in [-0.1, -0.05) is 13.8 Å². The summed E-state index contributed by atoms with van der Waals surface area (Å²) in [6, 6.07) is 7.83. The van der Waals surface area contributed by atoms with Gasteiger partial charge in [0, 0.05) is 24.4 Å². The van der Waals surface area contributed by atoms with E-state index < -0.39 is 11.0 Å². The number of carbonyl (C=O) groups is 1. The number of hydrogen-bond donors (Lipinski definition) is 2. The van der Waals surface area contributed by atoms with Gasteiger partial charge in [0.25, 0.3) is 5.69 Å². The van der Waals surface area contributed by atoms with Crippen molar-refractivity contribution in [1.29, 1.82) is 5.26 Å². The number of rotatable bonds is 5. The quantitative estimate of drug-likeness (QED) is 0.617. The molecule has 0 bridgehead atoms. The van der Waals surface area contributed by atoms with E-state index in [1.807, 2.05) is 18.7 Å². The molecule has 9 nitrogen and oxygen atoms in total. The number of aromatic nitrogens is 2. The molecule has 2 aromatic rings. The predicted octanol–water partition coefficient (Wildman–Crippen LogP) is 2.92. The lowest BCUT2D eigenvalue weighted by Crippen LogP contribution is -2.39. The molecule has 1 fully saturated rings. The molecule has 1 aliphatic heterocycles. The molecule has 1 aromatic carbocycles. The number of nitrogens with zero attached hydrogens (tertiary/aromatic N) is 4. The Bertz CT molecular complexity index is 897. The number of nitrogens with one attached hydrogen (secondary N) is 2. The molecule has 0 spiro atoms. The van der Waals surface area contributed by atoms with Crippen molar-refractivity contribution in [1.82, 2.24) is 10.2 Å². The minimum atomic E-state index is -0.453. The number of hydrogen-bond acceptors (Lipinski definition) is 6. The molecule has 140 valence electrons. The third-order valence-electron chi connectivity index (χ3n) is 4.67. The van der Waals surface area contributed by atoms with Gasteiger partial charge in [0.15, 0.2) is 5.82 Å². The minimum Gasteiger partial charge on any atom is -0.360 e. The normalized spacial score (nSPS) is 16.4. The fraction of sp³-hybridized carbons (Fsp3) is 0.389. The molecule has 1 amide bonds. The number of anilines is 2. The fourth-order valence-corrected chi connectivity index (χ4v) is 3.29. The number of benzene rings is 1. The SMILES string of the molecule is CC(C)c1[nH]nc(NC(=O)C2CCCN2c2ccc([N+](=O)[O-])cc2)c1C#N. The van der Waals surface area contributed by atoms with E-state index in [9.17, 15) is 20.2 Å². The molecule has 1 saturated heterocycles. The van der Waals surface area contributed by atoms with Gasteiger partial charge in [0.2, 0.25) is 5.91 Å². The molecule has 0 aliphatic carbocycles. The van der Waals surface area contributed by atoms with E-state index in [4.69, 9.17) is 0 Å². The third kappa shape index (κ3) is 3.60. The van der Waals surface area contributed by atoms with Crippen LogP contribution < -0.4 is 10.2 Å². The fourth-order valence-electron chi connectivity index (χ4n) is 3.29. The molecule has 2 heterocycles. The first kappa shape index (κ1) is 18.4. The van der Waals surface area contributed by atoms with Crippen LogP contribution in [0.1, 0.15) is 43.9 Å². The smallest absolute Gasteiger partial charge is 0.269 e. The Morgan fingerprint density at radius 1 is 1.44 bits per heavy atom. The second kappa shape index (κ2) is 7.45. The number of nitro benzene ring substituents is 1. The molecule has 0 radical (unpaired) electrons. The second-order valence-corrected chi connectivity index (χ2v) is 6.74. The lowest BCUT2D eigenvalue weighted by Gasteiger charge is -2.25. The van der Waals surface area contributed by atoms with Crippen molar-refractivity contribution in [2.75, 3.05) is 16.8 Å². The highest BCUT2D eigenvalue weighted by molar-refractivity contribution is 5.97. The van der Waals surface area contributed by atoms with Gasteiger partial charge in [-0.05, 0) is 30.9 Å². The van der Waals surface area contributed by atoms with Crippen LogP contribution in [0.25, 0.3) is 0 Å². The maximum atomic E-state index is 12.8. The third-order valence-corrected chi connectivity index (χ3v) is 4.67. The van der Waals surface area contributed by atoms with Crippen LogP contribution in [-0.2, 0) is 4.79 Å². The Morgan fingerprint density at radius 3 is 2.74 bits per heavy atom. The highest BCUT2D eigenvalue weighted by atomic mass is 16.6. The Kier molecular flexibility index (Phi) is 5.07. The largest absolute Gasteiger partial charge is 0.360 e. The van der Waals surface area contributed by atoms with Crippen LogP contribution in [0.4, 0.5) is 17.2 Å². The Labute approximate surface area is 156 Å². The maximum Gasteiger partial charge on any atom is 0.269 e. The summed E-state index contributed by atoms with van der Waals surface area (Å²) in [6.45, 7) is 4.55. The Morgan fingerprint density at radius 2 is 2.15 bits per heavy atom. The maximum absolute atomic E-state index is 12.8. The van der Waals surface area contributed by atoms with E-state index in [2.05, 4.69) is 21.6 Å². The summed E-state index contributed by atoms with van der Waals surface area (Å²) in [5.74, 6) is 0.0757. The molecule has 0 saturated carbocycles. The summed E-state index contributed by atoms with van der Waals surface area (Å²) in [6.07, 6.45) is 1.49.